The van der Waals surface area contributed by atoms with Crippen LogP contribution in [-0.2, 0) is 10.0 Å². The molecule has 12 heteroatoms. The maximum Gasteiger partial charge on any atom is 0.317 e. The first-order chi connectivity index (χ1) is 19.5. The van der Waals surface area contributed by atoms with Crippen LogP contribution >= 0.6 is 0 Å². The number of ether oxygens (including phenoxy) is 1. The normalized spacial score (nSPS) is 20.7. The van der Waals surface area contributed by atoms with E-state index in [9.17, 15) is 27.5 Å². The van der Waals surface area contributed by atoms with Gasteiger partial charge in [0.1, 0.15) is 11.9 Å². The highest BCUT2D eigenvalue weighted by Crippen LogP contribution is 2.36. The van der Waals surface area contributed by atoms with Crippen molar-refractivity contribution in [2.45, 2.75) is 69.0 Å². The minimum Gasteiger partial charge on any atom is -0.485 e. The highest BCUT2D eigenvalue weighted by atomic mass is 32.2. The zero-order chi connectivity index (χ0) is 29.7. The van der Waals surface area contributed by atoms with Crippen molar-refractivity contribution in [1.82, 2.24) is 15.1 Å². The fourth-order valence-electron chi connectivity index (χ4n) is 5.24. The molecule has 41 heavy (non-hydrogen) atoms. The van der Waals surface area contributed by atoms with Crippen LogP contribution < -0.4 is 14.8 Å². The number of para-hydroxylation sites is 1. The lowest BCUT2D eigenvalue weighted by Gasteiger charge is -2.38. The molecule has 3 N–H and O–H groups in total. The van der Waals surface area contributed by atoms with E-state index in [0.29, 0.717) is 0 Å². The fourth-order valence-corrected chi connectivity index (χ4v) is 6.31. The highest BCUT2D eigenvalue weighted by Gasteiger charge is 2.35. The lowest BCUT2D eigenvalue weighted by atomic mass is 9.96. The summed E-state index contributed by atoms with van der Waals surface area (Å²) < 4.78 is 48.7. The summed E-state index contributed by atoms with van der Waals surface area (Å²) in [4.78, 5) is 29.6. The summed E-state index contributed by atoms with van der Waals surface area (Å²) >= 11 is 0. The van der Waals surface area contributed by atoms with E-state index < -0.39 is 33.9 Å². The van der Waals surface area contributed by atoms with Crippen molar-refractivity contribution in [3.63, 3.8) is 0 Å². The van der Waals surface area contributed by atoms with Crippen LogP contribution in [0.2, 0.25) is 0 Å². The van der Waals surface area contributed by atoms with Gasteiger partial charge in [0.15, 0.2) is 5.75 Å². The van der Waals surface area contributed by atoms with Crippen LogP contribution in [0.1, 0.15) is 56.3 Å². The Balaban J connectivity index is 1.66. The van der Waals surface area contributed by atoms with Crippen molar-refractivity contribution in [3.8, 4) is 5.75 Å². The molecule has 0 unspecified atom stereocenters. The molecule has 0 bridgehead atoms. The quantitative estimate of drug-likeness (QED) is 0.429. The Labute approximate surface area is 240 Å². The maximum atomic E-state index is 13.7. The first-order valence-corrected chi connectivity index (χ1v) is 15.5. The van der Waals surface area contributed by atoms with Gasteiger partial charge < -0.3 is 25.0 Å². The van der Waals surface area contributed by atoms with Crippen molar-refractivity contribution >= 4 is 27.6 Å². The molecule has 3 atom stereocenters. The number of likely N-dealkylation sites (N-methyl/N-ethyl adjacent to an activating group) is 1. The number of aliphatic hydroxyl groups excluding tert-OH is 1. The van der Waals surface area contributed by atoms with Gasteiger partial charge >= 0.3 is 6.03 Å². The minimum atomic E-state index is -4.16. The predicted octanol–water partition coefficient (Wildman–Crippen LogP) is 3.82. The monoisotopic (exact) mass is 590 g/mol. The van der Waals surface area contributed by atoms with Crippen LogP contribution in [0.3, 0.4) is 0 Å². The van der Waals surface area contributed by atoms with E-state index in [0.717, 1.165) is 49.9 Å². The third-order valence-corrected chi connectivity index (χ3v) is 9.17. The number of carbonyl (C=O) groups is 2. The SMILES string of the molecule is C[C@@H]1CN([C@H](C)CO)C(=O)c2cccc(NS(=O)(=O)c3ccc(F)cc3)c2O[C@@H]1CN(C)C(=O)NC1CCCCC1. The molecule has 1 fully saturated rings. The first kappa shape index (κ1) is 30.6. The van der Waals surface area contributed by atoms with Gasteiger partial charge in [-0.3, -0.25) is 9.52 Å². The number of aliphatic hydroxyl groups is 1. The Morgan fingerprint density at radius 3 is 2.51 bits per heavy atom. The summed E-state index contributed by atoms with van der Waals surface area (Å²) in [5.41, 5.74) is 0.154. The van der Waals surface area contributed by atoms with Crippen molar-refractivity contribution in [2.75, 3.05) is 31.5 Å². The molecule has 2 aromatic carbocycles. The van der Waals surface area contributed by atoms with E-state index in [-0.39, 0.29) is 59.6 Å². The van der Waals surface area contributed by atoms with Crippen LogP contribution in [0.25, 0.3) is 0 Å². The Kier molecular flexibility index (Phi) is 9.75. The molecule has 1 aliphatic carbocycles. The third kappa shape index (κ3) is 7.28. The lowest BCUT2D eigenvalue weighted by molar-refractivity contribution is 0.0368. The summed E-state index contributed by atoms with van der Waals surface area (Å²) in [5, 5.41) is 13.0. The van der Waals surface area contributed by atoms with Crippen LogP contribution in [0.5, 0.6) is 5.75 Å². The molecule has 10 nitrogen and oxygen atoms in total. The van der Waals surface area contributed by atoms with Gasteiger partial charge in [-0.15, -0.1) is 0 Å². The van der Waals surface area contributed by atoms with E-state index in [1.807, 2.05) is 6.92 Å². The van der Waals surface area contributed by atoms with Gasteiger partial charge in [0.05, 0.1) is 35.3 Å². The number of carbonyl (C=O) groups excluding carboxylic acids is 2. The molecule has 224 valence electrons. The number of fused-ring (bicyclic) bond motifs is 1. The number of nitrogens with zero attached hydrogens (tertiary/aromatic N) is 2. The van der Waals surface area contributed by atoms with Crippen molar-refractivity contribution in [3.05, 3.63) is 53.8 Å². The van der Waals surface area contributed by atoms with Crippen LogP contribution in [0, 0.1) is 11.7 Å². The Hall–Kier alpha value is -3.38. The van der Waals surface area contributed by atoms with E-state index in [4.69, 9.17) is 4.74 Å². The zero-order valence-electron chi connectivity index (χ0n) is 23.7. The van der Waals surface area contributed by atoms with Gasteiger partial charge in [-0.2, -0.15) is 0 Å². The number of hydrogen-bond donors (Lipinski definition) is 3. The Morgan fingerprint density at radius 2 is 1.85 bits per heavy atom. The topological polar surface area (TPSA) is 128 Å². The average molecular weight is 591 g/mol. The number of rotatable bonds is 8. The molecular weight excluding hydrogens is 551 g/mol. The lowest BCUT2D eigenvalue weighted by Crippen LogP contribution is -2.52. The van der Waals surface area contributed by atoms with Gasteiger partial charge in [0, 0.05) is 25.6 Å². The summed E-state index contributed by atoms with van der Waals surface area (Å²) in [6.07, 6.45) is 4.60. The number of anilines is 1. The summed E-state index contributed by atoms with van der Waals surface area (Å²) in [7, 11) is -2.48. The van der Waals surface area contributed by atoms with Gasteiger partial charge in [-0.1, -0.05) is 32.3 Å². The third-order valence-electron chi connectivity index (χ3n) is 7.79. The molecular formula is C29H39FN4O6S. The first-order valence-electron chi connectivity index (χ1n) is 14.0. The minimum absolute atomic E-state index is 0.0240. The van der Waals surface area contributed by atoms with Gasteiger partial charge in [0.25, 0.3) is 15.9 Å². The molecule has 0 radical (unpaired) electrons. The zero-order valence-corrected chi connectivity index (χ0v) is 24.5. The molecule has 0 aromatic heterocycles. The summed E-state index contributed by atoms with van der Waals surface area (Å²) in [6, 6.07) is 8.33. The van der Waals surface area contributed by atoms with E-state index in [2.05, 4.69) is 10.0 Å². The van der Waals surface area contributed by atoms with Gasteiger partial charge in [0.2, 0.25) is 0 Å². The maximum absolute atomic E-state index is 13.7. The number of nitrogens with one attached hydrogen (secondary N) is 2. The Bertz CT molecular complexity index is 1330. The van der Waals surface area contributed by atoms with Gasteiger partial charge in [-0.25, -0.2) is 17.6 Å². The summed E-state index contributed by atoms with van der Waals surface area (Å²) in [5.74, 6) is -1.25. The predicted molar refractivity (Wildman–Crippen MR) is 153 cm³/mol. The van der Waals surface area contributed by atoms with Crippen molar-refractivity contribution in [1.29, 1.82) is 0 Å². The second kappa shape index (κ2) is 13.1. The standard InChI is InChI=1S/C29H39FN4O6S/c1-19-16-34(20(2)18-35)28(36)24-10-7-11-25(32-41(38,39)23-14-12-21(30)13-15-23)27(24)40-26(19)17-33(3)29(37)31-22-8-5-4-6-9-22/h7,10-15,19-20,22,26,32,35H,4-6,8-9,16-18H2,1-3H3,(H,31,37)/t19-,20-,26-/m1/s1. The van der Waals surface area contributed by atoms with Crippen LogP contribution in [0.4, 0.5) is 14.9 Å². The van der Waals surface area contributed by atoms with Gasteiger partial charge in [-0.05, 0) is 56.2 Å². The highest BCUT2D eigenvalue weighted by molar-refractivity contribution is 7.92. The molecule has 3 amide bonds. The molecule has 1 heterocycles. The second-order valence-electron chi connectivity index (χ2n) is 11.0. The number of sulfonamides is 1. The number of hydrogen-bond acceptors (Lipinski definition) is 6. The van der Waals surface area contributed by atoms with E-state index in [1.165, 1.54) is 24.6 Å². The fraction of sp³-hybridized carbons (Fsp3) is 0.517. The number of urea groups is 1. The van der Waals surface area contributed by atoms with Crippen molar-refractivity contribution in [2.24, 2.45) is 5.92 Å². The molecule has 2 aliphatic rings. The van der Waals surface area contributed by atoms with E-state index in [1.54, 1.807) is 23.8 Å². The van der Waals surface area contributed by atoms with Crippen LogP contribution in [0.15, 0.2) is 47.4 Å². The average Bonchev–Trinajstić information content (AvgIpc) is 2.95. The molecule has 0 saturated heterocycles. The number of amides is 3. The number of benzene rings is 2. The van der Waals surface area contributed by atoms with Crippen molar-refractivity contribution < 1.29 is 32.2 Å². The van der Waals surface area contributed by atoms with E-state index >= 15 is 0 Å². The second-order valence-corrected chi connectivity index (χ2v) is 12.7. The Morgan fingerprint density at radius 1 is 1.17 bits per heavy atom. The largest absolute Gasteiger partial charge is 0.485 e. The molecule has 0 spiro atoms. The summed E-state index contributed by atoms with van der Waals surface area (Å²) in [6.45, 7) is 3.78. The molecule has 1 saturated carbocycles. The molecule has 4 rings (SSSR count). The smallest absolute Gasteiger partial charge is 0.317 e. The van der Waals surface area contributed by atoms with Crippen LogP contribution in [-0.4, -0.2) is 80.2 Å². The number of halogens is 1. The molecule has 1 aliphatic heterocycles. The molecule has 2 aromatic rings.